The molecule has 0 bridgehead atoms. The summed E-state index contributed by atoms with van der Waals surface area (Å²) < 4.78 is 29.8. The number of nitrogens with zero attached hydrogens (tertiary/aromatic N) is 1. The number of esters is 1. The maximum Gasteiger partial charge on any atom is 0.359 e. The number of fused-ring (bicyclic) bond motifs is 2. The first-order valence-electron chi connectivity index (χ1n) is 7.28. The molecule has 0 saturated carbocycles. The lowest BCUT2D eigenvalue weighted by Crippen LogP contribution is -2.12. The van der Waals surface area contributed by atoms with Crippen molar-refractivity contribution in [3.63, 3.8) is 0 Å². The van der Waals surface area contributed by atoms with Crippen LogP contribution in [0.15, 0.2) is 36.4 Å². The highest BCUT2D eigenvalue weighted by molar-refractivity contribution is 6.51. The van der Waals surface area contributed by atoms with Gasteiger partial charge >= 0.3 is 5.97 Å². The zero-order chi connectivity index (χ0) is 18.8. The van der Waals surface area contributed by atoms with E-state index in [-0.39, 0.29) is 22.8 Å². The van der Waals surface area contributed by atoms with Crippen LogP contribution in [0.1, 0.15) is 20.8 Å². The smallest absolute Gasteiger partial charge is 0.359 e. The Balaban J connectivity index is 0.000000152. The summed E-state index contributed by atoms with van der Waals surface area (Å²) in [4.78, 5) is 32.9. The molecule has 3 aromatic rings. The van der Waals surface area contributed by atoms with Gasteiger partial charge in [0.15, 0.2) is 5.69 Å². The number of anilines is 1. The number of hydrogen-bond donors (Lipinski definition) is 2. The van der Waals surface area contributed by atoms with Crippen molar-refractivity contribution < 1.29 is 27.9 Å². The number of nitrogens with one attached hydrogen (secondary N) is 2. The van der Waals surface area contributed by atoms with Crippen molar-refractivity contribution in [2.24, 2.45) is 0 Å². The number of aromatic amines is 1. The first kappa shape index (κ1) is 17.2. The van der Waals surface area contributed by atoms with Crippen LogP contribution in [0.5, 0.6) is 0 Å². The van der Waals surface area contributed by atoms with Crippen LogP contribution in [0.25, 0.3) is 10.9 Å². The van der Waals surface area contributed by atoms with E-state index in [0.29, 0.717) is 10.9 Å². The van der Waals surface area contributed by atoms with Crippen LogP contribution in [0.3, 0.4) is 0 Å². The second-order valence-corrected chi connectivity index (χ2v) is 5.23. The van der Waals surface area contributed by atoms with Gasteiger partial charge in [-0.3, -0.25) is 14.7 Å². The summed E-state index contributed by atoms with van der Waals surface area (Å²) in [5.41, 5.74) is 1.14. The maximum absolute atomic E-state index is 12.8. The van der Waals surface area contributed by atoms with Crippen molar-refractivity contribution in [3.05, 3.63) is 59.3 Å². The van der Waals surface area contributed by atoms with Gasteiger partial charge in [-0.1, -0.05) is 0 Å². The van der Waals surface area contributed by atoms with Crippen LogP contribution >= 0.6 is 0 Å². The molecule has 2 heterocycles. The van der Waals surface area contributed by atoms with Gasteiger partial charge < -0.3 is 10.1 Å². The molecule has 0 saturated heterocycles. The molecular weight excluding hydrogens is 348 g/mol. The van der Waals surface area contributed by atoms with Crippen molar-refractivity contribution in [1.82, 2.24) is 10.2 Å². The Bertz CT molecular complexity index is 1050. The highest BCUT2D eigenvalue weighted by atomic mass is 19.1. The average molecular weight is 359 g/mol. The largest absolute Gasteiger partial charge is 0.464 e. The SMILES string of the molecule is COC(=O)c1n[nH]c2cc(F)ccc12.O=C1Nc2cc(F)ccc2C1=O. The molecule has 132 valence electrons. The molecule has 2 N–H and O–H groups in total. The molecule has 7 nitrogen and oxygen atoms in total. The van der Waals surface area contributed by atoms with Gasteiger partial charge in [0.25, 0.3) is 11.7 Å². The molecule has 2 aromatic carbocycles. The fraction of sp³-hybridized carbons (Fsp3) is 0.0588. The second kappa shape index (κ2) is 6.71. The molecule has 0 spiro atoms. The van der Waals surface area contributed by atoms with E-state index < -0.39 is 23.5 Å². The molecule has 1 aliphatic rings. The highest BCUT2D eigenvalue weighted by Gasteiger charge is 2.27. The van der Waals surface area contributed by atoms with Gasteiger partial charge in [0.2, 0.25) is 0 Å². The van der Waals surface area contributed by atoms with E-state index in [2.05, 4.69) is 20.3 Å². The van der Waals surface area contributed by atoms with Crippen LogP contribution in [0.4, 0.5) is 14.5 Å². The minimum atomic E-state index is -0.699. The number of ketones is 1. The lowest BCUT2D eigenvalue weighted by atomic mass is 10.1. The molecule has 0 radical (unpaired) electrons. The second-order valence-electron chi connectivity index (χ2n) is 5.23. The molecule has 0 unspecified atom stereocenters. The number of hydrogen-bond acceptors (Lipinski definition) is 5. The standard InChI is InChI=1S/C9H7FN2O2.C8H4FNO2/c1-14-9(13)8-6-3-2-5(10)4-7(6)11-12-8;9-4-1-2-5-6(3-4)10-8(12)7(5)11/h2-4H,1H3,(H,11,12);1-3H,(H,10,11,12). The number of Topliss-reactive ketones (excluding diaryl/α,β-unsaturated/α-hetero) is 1. The Morgan fingerprint density at radius 3 is 2.50 bits per heavy atom. The van der Waals surface area contributed by atoms with E-state index in [4.69, 9.17) is 0 Å². The van der Waals surface area contributed by atoms with Crippen LogP contribution in [-0.4, -0.2) is 35.0 Å². The predicted octanol–water partition coefficient (Wildman–Crippen LogP) is 2.45. The van der Waals surface area contributed by atoms with Gasteiger partial charge in [0, 0.05) is 5.39 Å². The van der Waals surface area contributed by atoms with Crippen LogP contribution in [0, 0.1) is 11.6 Å². The van der Waals surface area contributed by atoms with Crippen LogP contribution in [-0.2, 0) is 9.53 Å². The summed E-state index contributed by atoms with van der Waals surface area (Å²) in [5.74, 6) is -2.69. The molecule has 9 heteroatoms. The van der Waals surface area contributed by atoms with Gasteiger partial charge in [0.05, 0.1) is 23.9 Å². The minimum absolute atomic E-state index is 0.169. The quantitative estimate of drug-likeness (QED) is 0.513. The Hall–Kier alpha value is -3.62. The van der Waals surface area contributed by atoms with E-state index >= 15 is 0 Å². The number of carbonyl (C=O) groups excluding carboxylic acids is 3. The molecule has 0 aliphatic carbocycles. The van der Waals surface area contributed by atoms with Crippen molar-refractivity contribution in [3.8, 4) is 0 Å². The van der Waals surface area contributed by atoms with Crippen molar-refractivity contribution in [2.45, 2.75) is 0 Å². The average Bonchev–Trinajstić information content (AvgIpc) is 3.15. The fourth-order valence-corrected chi connectivity index (χ4v) is 2.36. The van der Waals surface area contributed by atoms with Crippen LogP contribution in [0.2, 0.25) is 0 Å². The van der Waals surface area contributed by atoms with E-state index in [1.807, 2.05) is 0 Å². The first-order valence-corrected chi connectivity index (χ1v) is 7.28. The summed E-state index contributed by atoms with van der Waals surface area (Å²) in [5, 5.41) is 9.11. The number of carbonyl (C=O) groups is 3. The molecule has 0 fully saturated rings. The normalized spacial score (nSPS) is 12.3. The van der Waals surface area contributed by atoms with Gasteiger partial charge in [-0.2, -0.15) is 5.10 Å². The number of halogens is 2. The Kier molecular flexibility index (Phi) is 4.44. The lowest BCUT2D eigenvalue weighted by molar-refractivity contribution is -0.112. The summed E-state index contributed by atoms with van der Waals surface area (Å²) >= 11 is 0. The van der Waals surface area contributed by atoms with Crippen molar-refractivity contribution >= 4 is 34.3 Å². The summed E-state index contributed by atoms with van der Waals surface area (Å²) in [6.45, 7) is 0. The Morgan fingerprint density at radius 1 is 1.08 bits per heavy atom. The van der Waals surface area contributed by atoms with E-state index in [1.165, 1.54) is 31.4 Å². The zero-order valence-corrected chi connectivity index (χ0v) is 13.3. The number of H-pyrrole nitrogens is 1. The topological polar surface area (TPSA) is 101 Å². The molecular formula is C17H11F2N3O4. The van der Waals surface area contributed by atoms with Crippen LogP contribution < -0.4 is 5.32 Å². The van der Waals surface area contributed by atoms with Gasteiger partial charge in [-0.25, -0.2) is 13.6 Å². The summed E-state index contributed by atoms with van der Waals surface area (Å²) in [6, 6.07) is 7.60. The highest BCUT2D eigenvalue weighted by Crippen LogP contribution is 2.23. The van der Waals surface area contributed by atoms with E-state index in [1.54, 1.807) is 0 Å². The number of rotatable bonds is 1. The monoisotopic (exact) mass is 359 g/mol. The Labute approximate surface area is 145 Å². The lowest BCUT2D eigenvalue weighted by Gasteiger charge is -1.94. The maximum atomic E-state index is 12.8. The fourth-order valence-electron chi connectivity index (χ4n) is 2.36. The third-order valence-electron chi connectivity index (χ3n) is 3.58. The third-order valence-corrected chi connectivity index (χ3v) is 3.58. The summed E-state index contributed by atoms with van der Waals surface area (Å²) in [6.07, 6.45) is 0. The number of benzene rings is 2. The van der Waals surface area contributed by atoms with Gasteiger partial charge in [-0.05, 0) is 36.4 Å². The number of amides is 1. The molecule has 1 aromatic heterocycles. The predicted molar refractivity (Wildman–Crippen MR) is 86.8 cm³/mol. The van der Waals surface area contributed by atoms with E-state index in [0.717, 1.165) is 12.1 Å². The van der Waals surface area contributed by atoms with Gasteiger partial charge in [-0.15, -0.1) is 0 Å². The summed E-state index contributed by atoms with van der Waals surface area (Å²) in [7, 11) is 1.27. The number of aromatic nitrogens is 2. The Morgan fingerprint density at radius 2 is 1.77 bits per heavy atom. The van der Waals surface area contributed by atoms with Crippen molar-refractivity contribution in [1.29, 1.82) is 0 Å². The molecule has 4 rings (SSSR count). The molecule has 1 aliphatic heterocycles. The molecule has 1 amide bonds. The first-order chi connectivity index (χ1) is 12.4. The zero-order valence-electron chi connectivity index (χ0n) is 13.3. The minimum Gasteiger partial charge on any atom is -0.464 e. The van der Waals surface area contributed by atoms with Crippen molar-refractivity contribution in [2.75, 3.05) is 12.4 Å². The molecule has 26 heavy (non-hydrogen) atoms. The number of methoxy groups -OCH3 is 1. The van der Waals surface area contributed by atoms with Gasteiger partial charge in [0.1, 0.15) is 11.6 Å². The molecule has 0 atom stereocenters. The van der Waals surface area contributed by atoms with E-state index in [9.17, 15) is 23.2 Å². The number of ether oxygens (including phenoxy) is 1. The third kappa shape index (κ3) is 3.14.